The van der Waals surface area contributed by atoms with E-state index in [-0.39, 0.29) is 36.0 Å². The van der Waals surface area contributed by atoms with Crippen LogP contribution in [0, 0.1) is 29.6 Å². The van der Waals surface area contributed by atoms with Crippen LogP contribution in [0.1, 0.15) is 66.4 Å². The number of hydroxylamine groups is 1. The molecule has 7 heteroatoms. The molecule has 3 amide bonds. The summed E-state index contributed by atoms with van der Waals surface area (Å²) in [6.45, 7) is 12.2. The second-order valence-electron chi connectivity index (χ2n) is 9.84. The molecule has 0 fully saturated rings. The van der Waals surface area contributed by atoms with Gasteiger partial charge in [0, 0.05) is 13.0 Å². The van der Waals surface area contributed by atoms with Crippen molar-refractivity contribution in [2.45, 2.75) is 60.8 Å². The number of nitrogens with zero attached hydrogens (tertiary/aromatic N) is 1. The average Bonchev–Trinajstić information content (AvgIpc) is 2.74. The largest absolute Gasteiger partial charge is 0.289 e. The molecule has 1 aromatic rings. The maximum absolute atomic E-state index is 13.4. The minimum atomic E-state index is -0.779. The van der Waals surface area contributed by atoms with E-state index in [0.29, 0.717) is 19.4 Å². The Morgan fingerprint density at radius 2 is 1.55 bits per heavy atom. The number of allylic oxidation sites excluding steroid dienone is 1. The lowest BCUT2D eigenvalue weighted by molar-refractivity contribution is -0.148. The summed E-state index contributed by atoms with van der Waals surface area (Å²) >= 11 is 0. The first kappa shape index (κ1) is 28.4. The van der Waals surface area contributed by atoms with Crippen molar-refractivity contribution in [3.05, 3.63) is 42.0 Å². The summed E-state index contributed by atoms with van der Waals surface area (Å²) in [5.41, 5.74) is 5.49. The van der Waals surface area contributed by atoms with Crippen LogP contribution in [0.4, 0.5) is 0 Å². The number of benzene rings is 1. The summed E-state index contributed by atoms with van der Waals surface area (Å²) in [6, 6.07) is 9.65. The highest BCUT2D eigenvalue weighted by Crippen LogP contribution is 2.26. The molecule has 0 unspecified atom stereocenters. The Hall–Kier alpha value is -2.67. The lowest BCUT2D eigenvalue weighted by Crippen LogP contribution is -2.52. The van der Waals surface area contributed by atoms with E-state index >= 15 is 0 Å². The van der Waals surface area contributed by atoms with E-state index in [1.807, 2.05) is 84.0 Å². The molecular weight excluding hydrogens is 418 g/mol. The standard InChI is InChI=1S/C26H41N3O4/c1-18(2)15-23(25(31)27-29(17-20(5)6)24(30)16-19(3)4)22(26(32)28-33)14-10-13-21-11-8-7-9-12-21/h7-13,18-20,22-23,33H,14-17H2,1-6H3,(H,27,31)(H,28,32)/t22-,23-/m0/s1. The minimum Gasteiger partial charge on any atom is -0.289 e. The van der Waals surface area contributed by atoms with E-state index in [0.717, 1.165) is 5.56 Å². The van der Waals surface area contributed by atoms with Crippen LogP contribution in [-0.4, -0.2) is 34.5 Å². The topological polar surface area (TPSA) is 98.7 Å². The molecule has 33 heavy (non-hydrogen) atoms. The fraction of sp³-hybridized carbons (Fsp3) is 0.577. The Labute approximate surface area is 198 Å². The van der Waals surface area contributed by atoms with E-state index < -0.39 is 17.7 Å². The SMILES string of the molecule is CC(C)CC(=O)N(CC(C)C)NC(=O)[C@@H](CC(C)C)[C@H](CC=Cc1ccccc1)C(=O)NO. The van der Waals surface area contributed by atoms with Gasteiger partial charge in [-0.2, -0.15) is 0 Å². The Balaban J connectivity index is 3.12. The van der Waals surface area contributed by atoms with Gasteiger partial charge >= 0.3 is 0 Å². The molecule has 0 heterocycles. The van der Waals surface area contributed by atoms with Gasteiger partial charge in [-0.25, -0.2) is 5.48 Å². The predicted molar refractivity (Wildman–Crippen MR) is 131 cm³/mol. The highest BCUT2D eigenvalue weighted by molar-refractivity contribution is 5.89. The number of carbonyl (C=O) groups is 3. The van der Waals surface area contributed by atoms with Crippen LogP contribution in [0.15, 0.2) is 36.4 Å². The summed E-state index contributed by atoms with van der Waals surface area (Å²) in [6.07, 6.45) is 4.76. The number of hydrazine groups is 1. The first-order valence-electron chi connectivity index (χ1n) is 11.8. The van der Waals surface area contributed by atoms with Crippen molar-refractivity contribution in [1.29, 1.82) is 0 Å². The summed E-state index contributed by atoms with van der Waals surface area (Å²) in [7, 11) is 0. The van der Waals surface area contributed by atoms with Crippen molar-refractivity contribution in [3.63, 3.8) is 0 Å². The first-order valence-corrected chi connectivity index (χ1v) is 11.8. The van der Waals surface area contributed by atoms with Crippen molar-refractivity contribution >= 4 is 23.8 Å². The van der Waals surface area contributed by atoms with Gasteiger partial charge in [0.1, 0.15) is 0 Å². The Morgan fingerprint density at radius 1 is 0.909 bits per heavy atom. The van der Waals surface area contributed by atoms with Gasteiger partial charge in [-0.3, -0.25) is 30.0 Å². The smallest absolute Gasteiger partial charge is 0.247 e. The molecule has 1 aromatic carbocycles. The molecule has 2 atom stereocenters. The molecule has 0 aliphatic carbocycles. The highest BCUT2D eigenvalue weighted by atomic mass is 16.5. The van der Waals surface area contributed by atoms with Gasteiger partial charge in [-0.1, -0.05) is 84.0 Å². The number of hydrogen-bond acceptors (Lipinski definition) is 4. The second-order valence-corrected chi connectivity index (χ2v) is 9.84. The highest BCUT2D eigenvalue weighted by Gasteiger charge is 2.35. The number of amides is 3. The molecule has 0 aliphatic rings. The van der Waals surface area contributed by atoms with Gasteiger partial charge in [-0.15, -0.1) is 0 Å². The molecule has 0 saturated carbocycles. The fourth-order valence-electron chi connectivity index (χ4n) is 3.66. The number of rotatable bonds is 12. The van der Waals surface area contributed by atoms with Crippen LogP contribution in [0.2, 0.25) is 0 Å². The van der Waals surface area contributed by atoms with Crippen molar-refractivity contribution in [1.82, 2.24) is 15.9 Å². The Kier molecular flexibility index (Phi) is 12.4. The quantitative estimate of drug-likeness (QED) is 0.318. The molecule has 0 saturated heterocycles. The van der Waals surface area contributed by atoms with Gasteiger partial charge in [0.2, 0.25) is 17.7 Å². The number of nitrogens with one attached hydrogen (secondary N) is 2. The molecule has 3 N–H and O–H groups in total. The number of hydrogen-bond donors (Lipinski definition) is 3. The van der Waals surface area contributed by atoms with E-state index in [9.17, 15) is 19.6 Å². The van der Waals surface area contributed by atoms with Crippen molar-refractivity contribution in [2.24, 2.45) is 29.6 Å². The predicted octanol–water partition coefficient (Wildman–Crippen LogP) is 4.44. The van der Waals surface area contributed by atoms with Crippen LogP contribution < -0.4 is 10.9 Å². The van der Waals surface area contributed by atoms with E-state index in [4.69, 9.17) is 0 Å². The molecule has 0 aromatic heterocycles. The van der Waals surface area contributed by atoms with Crippen LogP contribution in [0.3, 0.4) is 0 Å². The van der Waals surface area contributed by atoms with E-state index in [2.05, 4.69) is 5.43 Å². The van der Waals surface area contributed by atoms with Gasteiger partial charge < -0.3 is 0 Å². The normalized spacial score (nSPS) is 13.4. The summed E-state index contributed by atoms with van der Waals surface area (Å²) in [5.74, 6) is -2.18. The third-order valence-electron chi connectivity index (χ3n) is 5.17. The van der Waals surface area contributed by atoms with E-state index in [1.54, 1.807) is 5.48 Å². The van der Waals surface area contributed by atoms with Gasteiger partial charge in [0.25, 0.3) is 0 Å². The molecule has 0 spiro atoms. The fourth-order valence-corrected chi connectivity index (χ4v) is 3.66. The third kappa shape index (κ3) is 10.7. The van der Waals surface area contributed by atoms with Crippen LogP contribution in [-0.2, 0) is 14.4 Å². The average molecular weight is 460 g/mol. The first-order chi connectivity index (χ1) is 15.5. The second kappa shape index (κ2) is 14.5. The minimum absolute atomic E-state index is 0.137. The zero-order chi connectivity index (χ0) is 25.0. The maximum Gasteiger partial charge on any atom is 0.247 e. The maximum atomic E-state index is 13.4. The molecule has 1 rings (SSSR count). The van der Waals surface area contributed by atoms with Crippen molar-refractivity contribution in [3.8, 4) is 0 Å². The van der Waals surface area contributed by atoms with Gasteiger partial charge in [-0.05, 0) is 36.2 Å². The zero-order valence-corrected chi connectivity index (χ0v) is 20.9. The van der Waals surface area contributed by atoms with Crippen LogP contribution >= 0.6 is 0 Å². The summed E-state index contributed by atoms with van der Waals surface area (Å²) in [5, 5.41) is 10.7. The third-order valence-corrected chi connectivity index (χ3v) is 5.17. The summed E-state index contributed by atoms with van der Waals surface area (Å²) < 4.78 is 0. The zero-order valence-electron chi connectivity index (χ0n) is 20.9. The number of carbonyl (C=O) groups excluding carboxylic acids is 3. The van der Waals surface area contributed by atoms with E-state index in [1.165, 1.54) is 5.01 Å². The summed E-state index contributed by atoms with van der Waals surface area (Å²) in [4.78, 5) is 38.7. The monoisotopic (exact) mass is 459 g/mol. The van der Waals surface area contributed by atoms with Crippen LogP contribution in [0.25, 0.3) is 6.08 Å². The lowest BCUT2D eigenvalue weighted by atomic mass is 9.82. The molecule has 184 valence electrons. The lowest BCUT2D eigenvalue weighted by Gasteiger charge is -2.31. The molecule has 7 nitrogen and oxygen atoms in total. The van der Waals surface area contributed by atoms with Crippen molar-refractivity contribution < 1.29 is 19.6 Å². The van der Waals surface area contributed by atoms with Gasteiger partial charge in [0.05, 0.1) is 11.8 Å². The Bertz CT molecular complexity index is 775. The molecule has 0 radical (unpaired) electrons. The molecule has 0 bridgehead atoms. The Morgan fingerprint density at radius 3 is 2.06 bits per heavy atom. The molecule has 0 aliphatic heterocycles. The van der Waals surface area contributed by atoms with Crippen LogP contribution in [0.5, 0.6) is 0 Å². The van der Waals surface area contributed by atoms with Crippen molar-refractivity contribution in [2.75, 3.05) is 6.54 Å². The molecular formula is C26H41N3O4. The van der Waals surface area contributed by atoms with Gasteiger partial charge in [0.15, 0.2) is 0 Å².